The molecule has 4 heterocycles. The Morgan fingerprint density at radius 2 is 1.83 bits per heavy atom. The van der Waals surface area contributed by atoms with E-state index in [0.29, 0.717) is 25.0 Å². The monoisotopic (exact) mass is 414 g/mol. The molecular formula is C24H34N2O4. The molecule has 1 spiro atoms. The van der Waals surface area contributed by atoms with Crippen LogP contribution in [-0.2, 0) is 15.9 Å². The molecule has 1 atom stereocenters. The number of amides is 1. The Kier molecular flexibility index (Phi) is 5.73. The van der Waals surface area contributed by atoms with Gasteiger partial charge in [0, 0.05) is 19.3 Å². The topological polar surface area (TPSA) is 62.2 Å². The van der Waals surface area contributed by atoms with E-state index in [1.165, 1.54) is 37.0 Å². The molecule has 1 aromatic carbocycles. The Morgan fingerprint density at radius 1 is 1.10 bits per heavy atom. The van der Waals surface area contributed by atoms with Gasteiger partial charge in [0.05, 0.1) is 19.7 Å². The van der Waals surface area contributed by atoms with E-state index in [-0.39, 0.29) is 5.60 Å². The van der Waals surface area contributed by atoms with E-state index in [2.05, 4.69) is 29.2 Å². The minimum absolute atomic E-state index is 0.212. The maximum atomic E-state index is 11.1. The summed E-state index contributed by atoms with van der Waals surface area (Å²) in [6.45, 7) is 5.88. The second-order valence-corrected chi connectivity index (χ2v) is 9.76. The molecule has 0 aromatic heterocycles. The van der Waals surface area contributed by atoms with Crippen molar-refractivity contribution in [3.05, 3.63) is 35.4 Å². The Bertz CT molecular complexity index is 749. The lowest BCUT2D eigenvalue weighted by atomic mass is 9.82. The van der Waals surface area contributed by atoms with Crippen molar-refractivity contribution in [1.29, 1.82) is 0 Å². The SMILES string of the molecule is O=C(O)N1CC2(C[C@H](N3CCC(c4ccccc4CC4CCOCC4)CC3)CO2)C1. The number of rotatable bonds is 4. The van der Waals surface area contributed by atoms with Crippen molar-refractivity contribution in [1.82, 2.24) is 9.80 Å². The Labute approximate surface area is 179 Å². The third-order valence-corrected chi connectivity index (χ3v) is 7.81. The van der Waals surface area contributed by atoms with E-state index in [4.69, 9.17) is 14.6 Å². The first-order valence-corrected chi connectivity index (χ1v) is 11.6. The van der Waals surface area contributed by atoms with Crippen molar-refractivity contribution in [2.45, 2.75) is 56.1 Å². The maximum absolute atomic E-state index is 11.1. The molecule has 1 aromatic rings. The predicted octanol–water partition coefficient (Wildman–Crippen LogP) is 3.36. The average Bonchev–Trinajstić information content (AvgIpc) is 3.20. The molecule has 0 saturated carbocycles. The Balaban J connectivity index is 1.16. The first kappa shape index (κ1) is 20.3. The summed E-state index contributed by atoms with van der Waals surface area (Å²) in [6.07, 6.45) is 6.13. The van der Waals surface area contributed by atoms with Crippen LogP contribution >= 0.6 is 0 Å². The average molecular weight is 415 g/mol. The summed E-state index contributed by atoms with van der Waals surface area (Å²) in [5.41, 5.74) is 2.91. The second-order valence-electron chi connectivity index (χ2n) is 9.76. The molecule has 5 rings (SSSR count). The molecule has 0 radical (unpaired) electrons. The molecule has 6 heteroatoms. The molecule has 4 saturated heterocycles. The fourth-order valence-corrected chi connectivity index (χ4v) is 6.02. The van der Waals surface area contributed by atoms with Gasteiger partial charge in [0.15, 0.2) is 0 Å². The highest BCUT2D eigenvalue weighted by Gasteiger charge is 2.52. The van der Waals surface area contributed by atoms with E-state index < -0.39 is 6.09 Å². The van der Waals surface area contributed by atoms with Gasteiger partial charge in [-0.15, -0.1) is 0 Å². The molecule has 6 nitrogen and oxygen atoms in total. The number of ether oxygens (including phenoxy) is 2. The normalized spacial score (nSPS) is 28.0. The summed E-state index contributed by atoms with van der Waals surface area (Å²) in [6, 6.07) is 9.55. The smallest absolute Gasteiger partial charge is 0.407 e. The summed E-state index contributed by atoms with van der Waals surface area (Å²) in [7, 11) is 0. The zero-order valence-electron chi connectivity index (χ0n) is 17.8. The minimum Gasteiger partial charge on any atom is -0.465 e. The molecule has 4 aliphatic rings. The van der Waals surface area contributed by atoms with Crippen LogP contribution in [0.2, 0.25) is 0 Å². The molecule has 0 bridgehead atoms. The zero-order chi connectivity index (χ0) is 20.6. The lowest BCUT2D eigenvalue weighted by Crippen LogP contribution is -2.63. The van der Waals surface area contributed by atoms with Gasteiger partial charge in [-0.3, -0.25) is 4.90 Å². The van der Waals surface area contributed by atoms with Crippen molar-refractivity contribution in [3.63, 3.8) is 0 Å². The van der Waals surface area contributed by atoms with E-state index in [9.17, 15) is 4.79 Å². The number of piperidine rings is 1. The van der Waals surface area contributed by atoms with Crippen LogP contribution in [0.15, 0.2) is 24.3 Å². The minimum atomic E-state index is -0.826. The standard InChI is InChI=1S/C24H34N2O4/c27-23(28)26-16-24(17-26)14-21(15-30-24)25-9-5-19(6-10-25)22-4-2-1-3-20(22)13-18-7-11-29-12-8-18/h1-4,18-19,21H,5-17H2,(H,27,28)/t21-/m0/s1. The molecule has 0 aliphatic carbocycles. The van der Waals surface area contributed by atoms with E-state index in [0.717, 1.165) is 45.2 Å². The van der Waals surface area contributed by atoms with Crippen LogP contribution in [0.25, 0.3) is 0 Å². The summed E-state index contributed by atoms with van der Waals surface area (Å²) < 4.78 is 11.6. The molecule has 0 unspecified atom stereocenters. The quantitative estimate of drug-likeness (QED) is 0.819. The van der Waals surface area contributed by atoms with Gasteiger partial charge < -0.3 is 19.5 Å². The van der Waals surface area contributed by atoms with Gasteiger partial charge in [-0.1, -0.05) is 24.3 Å². The second kappa shape index (κ2) is 8.48. The number of hydrogen-bond donors (Lipinski definition) is 1. The molecular weight excluding hydrogens is 380 g/mol. The molecule has 164 valence electrons. The first-order chi connectivity index (χ1) is 14.6. The van der Waals surface area contributed by atoms with Crippen molar-refractivity contribution in [2.24, 2.45) is 5.92 Å². The highest BCUT2D eigenvalue weighted by Crippen LogP contribution is 2.39. The lowest BCUT2D eigenvalue weighted by Gasteiger charge is -2.45. The lowest BCUT2D eigenvalue weighted by molar-refractivity contribution is -0.0982. The van der Waals surface area contributed by atoms with Crippen molar-refractivity contribution in [2.75, 3.05) is 46.0 Å². The van der Waals surface area contributed by atoms with Gasteiger partial charge in [0.25, 0.3) is 0 Å². The van der Waals surface area contributed by atoms with Crippen LogP contribution in [0, 0.1) is 5.92 Å². The van der Waals surface area contributed by atoms with Crippen LogP contribution in [0.4, 0.5) is 4.79 Å². The van der Waals surface area contributed by atoms with Crippen LogP contribution in [-0.4, -0.2) is 78.6 Å². The summed E-state index contributed by atoms with van der Waals surface area (Å²) >= 11 is 0. The van der Waals surface area contributed by atoms with Crippen LogP contribution in [0.5, 0.6) is 0 Å². The van der Waals surface area contributed by atoms with Crippen LogP contribution in [0.3, 0.4) is 0 Å². The highest BCUT2D eigenvalue weighted by molar-refractivity contribution is 5.66. The molecule has 1 N–H and O–H groups in total. The van der Waals surface area contributed by atoms with Gasteiger partial charge in [0.2, 0.25) is 0 Å². The number of benzene rings is 1. The largest absolute Gasteiger partial charge is 0.465 e. The maximum Gasteiger partial charge on any atom is 0.407 e. The van der Waals surface area contributed by atoms with E-state index >= 15 is 0 Å². The summed E-state index contributed by atoms with van der Waals surface area (Å²) in [4.78, 5) is 15.1. The molecule has 4 fully saturated rings. The van der Waals surface area contributed by atoms with Crippen molar-refractivity contribution in [3.8, 4) is 0 Å². The Hall–Kier alpha value is -1.63. The van der Waals surface area contributed by atoms with Crippen molar-refractivity contribution < 1.29 is 19.4 Å². The van der Waals surface area contributed by atoms with E-state index in [1.807, 2.05) is 0 Å². The van der Waals surface area contributed by atoms with Crippen LogP contribution < -0.4 is 0 Å². The number of likely N-dealkylation sites (tertiary alicyclic amines) is 2. The fraction of sp³-hybridized carbons (Fsp3) is 0.708. The van der Waals surface area contributed by atoms with Gasteiger partial charge >= 0.3 is 6.09 Å². The van der Waals surface area contributed by atoms with E-state index in [1.54, 1.807) is 11.1 Å². The van der Waals surface area contributed by atoms with Gasteiger partial charge in [0.1, 0.15) is 5.60 Å². The predicted molar refractivity (Wildman–Crippen MR) is 114 cm³/mol. The highest BCUT2D eigenvalue weighted by atomic mass is 16.5. The van der Waals surface area contributed by atoms with Gasteiger partial charge in [-0.25, -0.2) is 4.79 Å². The third kappa shape index (κ3) is 4.10. The van der Waals surface area contributed by atoms with Crippen LogP contribution in [0.1, 0.15) is 49.1 Å². The molecule has 30 heavy (non-hydrogen) atoms. The number of carbonyl (C=O) groups is 1. The molecule has 1 amide bonds. The summed E-state index contributed by atoms with van der Waals surface area (Å²) in [5.74, 6) is 1.42. The fourth-order valence-electron chi connectivity index (χ4n) is 6.02. The number of hydrogen-bond acceptors (Lipinski definition) is 4. The molecule has 4 aliphatic heterocycles. The summed E-state index contributed by atoms with van der Waals surface area (Å²) in [5, 5.41) is 9.11. The first-order valence-electron chi connectivity index (χ1n) is 11.6. The number of nitrogens with zero attached hydrogens (tertiary/aromatic N) is 2. The zero-order valence-corrected chi connectivity index (χ0v) is 17.8. The van der Waals surface area contributed by atoms with Gasteiger partial charge in [-0.2, -0.15) is 0 Å². The Morgan fingerprint density at radius 3 is 2.57 bits per heavy atom. The third-order valence-electron chi connectivity index (χ3n) is 7.81. The van der Waals surface area contributed by atoms with Crippen molar-refractivity contribution >= 4 is 6.09 Å². The number of carboxylic acid groups (broad SMARTS) is 1. The van der Waals surface area contributed by atoms with Gasteiger partial charge in [-0.05, 0) is 74.6 Å².